The van der Waals surface area contributed by atoms with Gasteiger partial charge in [-0.05, 0) is 12.1 Å². The molecule has 2 N–H and O–H groups in total. The molecule has 1 aromatic carbocycles. The zero-order valence-electron chi connectivity index (χ0n) is 6.77. The molecule has 0 spiro atoms. The van der Waals surface area contributed by atoms with Crippen LogP contribution in [0.25, 0.3) is 5.70 Å². The Hall–Kier alpha value is -0.860. The summed E-state index contributed by atoms with van der Waals surface area (Å²) < 4.78 is 0. The first-order valence-corrected chi connectivity index (χ1v) is 4.66. The summed E-state index contributed by atoms with van der Waals surface area (Å²) in [6.45, 7) is 0.760. The molecule has 0 atom stereocenters. The zero-order chi connectivity index (χ0) is 9.26. The fraction of sp³-hybridized carbons (Fsp3) is 0.111. The largest absolute Gasteiger partial charge is 0.372 e. The Kier molecular flexibility index (Phi) is 2.34. The summed E-state index contributed by atoms with van der Waals surface area (Å²) >= 11 is 11.7. The number of nitrogens with one attached hydrogen (secondary N) is 2. The van der Waals surface area contributed by atoms with Crippen molar-refractivity contribution < 1.29 is 0 Å². The van der Waals surface area contributed by atoms with E-state index in [0.717, 1.165) is 17.9 Å². The van der Waals surface area contributed by atoms with Crippen LogP contribution in [0.15, 0.2) is 24.4 Å². The van der Waals surface area contributed by atoms with Crippen molar-refractivity contribution in [3.8, 4) is 0 Å². The molecule has 0 saturated heterocycles. The van der Waals surface area contributed by atoms with Crippen molar-refractivity contribution in [2.45, 2.75) is 0 Å². The van der Waals surface area contributed by atoms with Crippen molar-refractivity contribution in [1.29, 1.82) is 0 Å². The van der Waals surface area contributed by atoms with E-state index in [-0.39, 0.29) is 0 Å². The lowest BCUT2D eigenvalue weighted by molar-refractivity contribution is 0.843. The summed E-state index contributed by atoms with van der Waals surface area (Å²) in [6.07, 6.45) is 1.92. The molecule has 0 fully saturated rings. The van der Waals surface area contributed by atoms with Crippen LogP contribution >= 0.6 is 23.2 Å². The molecule has 68 valence electrons. The third kappa shape index (κ3) is 1.74. The highest BCUT2D eigenvalue weighted by molar-refractivity contribution is 6.42. The van der Waals surface area contributed by atoms with Gasteiger partial charge in [-0.25, -0.2) is 0 Å². The van der Waals surface area contributed by atoms with Gasteiger partial charge < -0.3 is 10.6 Å². The van der Waals surface area contributed by atoms with E-state index in [1.807, 2.05) is 18.3 Å². The van der Waals surface area contributed by atoms with Gasteiger partial charge >= 0.3 is 0 Å². The molecular formula is C9H8Cl2N2. The van der Waals surface area contributed by atoms with Crippen LogP contribution in [-0.2, 0) is 0 Å². The van der Waals surface area contributed by atoms with Crippen LogP contribution in [0.4, 0.5) is 0 Å². The first kappa shape index (κ1) is 8.73. The molecule has 0 bridgehead atoms. The summed E-state index contributed by atoms with van der Waals surface area (Å²) in [7, 11) is 0. The highest BCUT2D eigenvalue weighted by atomic mass is 35.5. The average molecular weight is 215 g/mol. The number of hydrogen-bond acceptors (Lipinski definition) is 2. The van der Waals surface area contributed by atoms with E-state index in [0.29, 0.717) is 10.0 Å². The predicted molar refractivity (Wildman–Crippen MR) is 55.6 cm³/mol. The Morgan fingerprint density at radius 3 is 2.62 bits per heavy atom. The maximum atomic E-state index is 5.88. The van der Waals surface area contributed by atoms with Gasteiger partial charge in [0.15, 0.2) is 0 Å². The van der Waals surface area contributed by atoms with Gasteiger partial charge in [-0.3, -0.25) is 0 Å². The van der Waals surface area contributed by atoms with E-state index in [1.165, 1.54) is 0 Å². The highest BCUT2D eigenvalue weighted by Gasteiger charge is 2.06. The molecule has 0 saturated carbocycles. The van der Waals surface area contributed by atoms with Crippen molar-refractivity contribution in [1.82, 2.24) is 10.6 Å². The minimum atomic E-state index is 0.578. The molecule has 4 heteroatoms. The first-order valence-electron chi connectivity index (χ1n) is 3.90. The Balaban J connectivity index is 2.36. The summed E-state index contributed by atoms with van der Waals surface area (Å²) in [5.41, 5.74) is 2.08. The molecule has 0 radical (unpaired) electrons. The topological polar surface area (TPSA) is 24.1 Å². The first-order chi connectivity index (χ1) is 6.27. The van der Waals surface area contributed by atoms with Gasteiger partial charge in [0.1, 0.15) is 0 Å². The summed E-state index contributed by atoms with van der Waals surface area (Å²) in [4.78, 5) is 0. The molecule has 0 amide bonds. The van der Waals surface area contributed by atoms with Crippen LogP contribution in [0, 0.1) is 0 Å². The fourth-order valence-electron chi connectivity index (χ4n) is 1.20. The van der Waals surface area contributed by atoms with Gasteiger partial charge in [-0.1, -0.05) is 29.3 Å². The smallest absolute Gasteiger partial charge is 0.0846 e. The van der Waals surface area contributed by atoms with Crippen molar-refractivity contribution in [3.05, 3.63) is 40.0 Å². The van der Waals surface area contributed by atoms with Gasteiger partial charge in [0.25, 0.3) is 0 Å². The Labute approximate surface area is 86.5 Å². The molecule has 0 aliphatic carbocycles. The lowest BCUT2D eigenvalue weighted by atomic mass is 10.2. The van der Waals surface area contributed by atoms with Crippen LogP contribution in [0.2, 0.25) is 10.0 Å². The van der Waals surface area contributed by atoms with Crippen molar-refractivity contribution in [3.63, 3.8) is 0 Å². The van der Waals surface area contributed by atoms with E-state index in [9.17, 15) is 0 Å². The lowest BCUT2D eigenvalue weighted by Gasteiger charge is -2.04. The number of halogens is 2. The molecule has 2 nitrogen and oxygen atoms in total. The van der Waals surface area contributed by atoms with E-state index in [2.05, 4.69) is 10.6 Å². The van der Waals surface area contributed by atoms with Gasteiger partial charge in [-0.2, -0.15) is 0 Å². The van der Waals surface area contributed by atoms with Gasteiger partial charge in [0.05, 0.1) is 22.4 Å². The molecule has 13 heavy (non-hydrogen) atoms. The van der Waals surface area contributed by atoms with Crippen molar-refractivity contribution >= 4 is 28.9 Å². The average Bonchev–Trinajstić information content (AvgIpc) is 2.62. The highest BCUT2D eigenvalue weighted by Crippen LogP contribution is 2.25. The van der Waals surface area contributed by atoms with E-state index in [4.69, 9.17) is 23.2 Å². The molecule has 0 aromatic heterocycles. The molecule has 0 unspecified atom stereocenters. The minimum absolute atomic E-state index is 0.578. The van der Waals surface area contributed by atoms with Crippen LogP contribution in [0.1, 0.15) is 5.56 Å². The molecule has 1 aliphatic heterocycles. The summed E-state index contributed by atoms with van der Waals surface area (Å²) in [5.74, 6) is 0. The monoisotopic (exact) mass is 214 g/mol. The second kappa shape index (κ2) is 3.48. The van der Waals surface area contributed by atoms with Crippen molar-refractivity contribution in [2.24, 2.45) is 0 Å². The second-order valence-corrected chi connectivity index (χ2v) is 3.56. The molecule has 1 aliphatic rings. The number of rotatable bonds is 1. The SMILES string of the molecule is Clc1ccc(C2=CNCN2)cc1Cl. The molecular weight excluding hydrogens is 207 g/mol. The molecule has 2 rings (SSSR count). The second-order valence-electron chi connectivity index (χ2n) is 2.74. The van der Waals surface area contributed by atoms with Crippen LogP contribution in [0.5, 0.6) is 0 Å². The fourth-order valence-corrected chi connectivity index (χ4v) is 1.50. The van der Waals surface area contributed by atoms with Gasteiger partial charge in [-0.15, -0.1) is 0 Å². The van der Waals surface area contributed by atoms with Gasteiger partial charge in [0, 0.05) is 11.8 Å². The quantitative estimate of drug-likeness (QED) is 0.751. The summed E-state index contributed by atoms with van der Waals surface area (Å²) in [5, 5.41) is 7.38. The normalized spacial score (nSPS) is 14.8. The third-order valence-electron chi connectivity index (χ3n) is 1.86. The maximum Gasteiger partial charge on any atom is 0.0846 e. The Bertz CT molecular complexity index is 361. The lowest BCUT2D eigenvalue weighted by Crippen LogP contribution is -2.13. The Morgan fingerprint density at radius 2 is 2.00 bits per heavy atom. The van der Waals surface area contributed by atoms with E-state index in [1.54, 1.807) is 6.07 Å². The van der Waals surface area contributed by atoms with Gasteiger partial charge in [0.2, 0.25) is 0 Å². The van der Waals surface area contributed by atoms with Crippen molar-refractivity contribution in [2.75, 3.05) is 6.67 Å². The molecule has 1 aromatic rings. The zero-order valence-corrected chi connectivity index (χ0v) is 8.28. The minimum Gasteiger partial charge on any atom is -0.372 e. The van der Waals surface area contributed by atoms with E-state index < -0.39 is 0 Å². The summed E-state index contributed by atoms with van der Waals surface area (Å²) in [6, 6.07) is 5.57. The third-order valence-corrected chi connectivity index (χ3v) is 2.60. The number of benzene rings is 1. The van der Waals surface area contributed by atoms with Crippen LogP contribution in [0.3, 0.4) is 0 Å². The van der Waals surface area contributed by atoms with Crippen LogP contribution in [-0.4, -0.2) is 6.67 Å². The molecule has 1 heterocycles. The standard InChI is InChI=1S/C9H8Cl2N2/c10-7-2-1-6(3-8(7)11)9-4-12-5-13-9/h1-4,12-13H,5H2. The number of hydrogen-bond donors (Lipinski definition) is 2. The Morgan fingerprint density at radius 1 is 1.15 bits per heavy atom. The maximum absolute atomic E-state index is 5.88. The predicted octanol–water partition coefficient (Wildman–Crippen LogP) is 2.44. The van der Waals surface area contributed by atoms with Crippen LogP contribution < -0.4 is 10.6 Å². The van der Waals surface area contributed by atoms with E-state index >= 15 is 0 Å².